The zero-order chi connectivity index (χ0) is 18.4. The van der Waals surface area contributed by atoms with Crippen LogP contribution in [0.3, 0.4) is 0 Å². The van der Waals surface area contributed by atoms with Crippen LogP contribution in [0.15, 0.2) is 48.5 Å². The van der Waals surface area contributed by atoms with Crippen LogP contribution >= 0.6 is 0 Å². The molecular weight excluding hydrogens is 324 g/mol. The number of nitrogens with zero attached hydrogens (tertiary/aromatic N) is 1. The lowest BCUT2D eigenvalue weighted by Gasteiger charge is -2.32. The number of benzene rings is 2. The summed E-state index contributed by atoms with van der Waals surface area (Å²) in [5, 5.41) is 3.22. The molecule has 0 aliphatic carbocycles. The number of hydrogen-bond acceptors (Lipinski definition) is 3. The van der Waals surface area contributed by atoms with Crippen molar-refractivity contribution in [2.45, 2.75) is 32.2 Å². The van der Waals surface area contributed by atoms with E-state index in [2.05, 4.69) is 17.1 Å². The van der Waals surface area contributed by atoms with Crippen LogP contribution in [0.25, 0.3) is 11.1 Å². The van der Waals surface area contributed by atoms with Gasteiger partial charge in [-0.05, 0) is 56.1 Å². The van der Waals surface area contributed by atoms with Gasteiger partial charge in [-0.25, -0.2) is 0 Å². The summed E-state index contributed by atoms with van der Waals surface area (Å²) in [5.74, 6) is 0.817. The molecule has 138 valence electrons. The quantitative estimate of drug-likeness (QED) is 0.855. The Morgan fingerprint density at radius 2 is 2.08 bits per heavy atom. The Bertz CT molecular complexity index is 742. The van der Waals surface area contributed by atoms with E-state index >= 15 is 0 Å². The normalized spacial score (nSPS) is 17.7. The Hall–Kier alpha value is -2.33. The van der Waals surface area contributed by atoms with Crippen molar-refractivity contribution in [1.82, 2.24) is 10.2 Å². The molecule has 26 heavy (non-hydrogen) atoms. The smallest absolute Gasteiger partial charge is 0.251 e. The molecule has 0 saturated carbocycles. The average molecular weight is 352 g/mol. The summed E-state index contributed by atoms with van der Waals surface area (Å²) in [5.41, 5.74) is 2.68. The predicted octanol–water partition coefficient (Wildman–Crippen LogP) is 3.97. The van der Waals surface area contributed by atoms with Crippen LogP contribution in [0, 0.1) is 0 Å². The van der Waals surface area contributed by atoms with Gasteiger partial charge in [0.2, 0.25) is 0 Å². The molecule has 1 saturated heterocycles. The number of para-hydroxylation sites is 1. The van der Waals surface area contributed by atoms with Crippen molar-refractivity contribution in [2.24, 2.45) is 0 Å². The summed E-state index contributed by atoms with van der Waals surface area (Å²) >= 11 is 0. The molecule has 1 N–H and O–H groups in total. The highest BCUT2D eigenvalue weighted by molar-refractivity contribution is 5.95. The van der Waals surface area contributed by atoms with E-state index in [0.717, 1.165) is 55.8 Å². The summed E-state index contributed by atoms with van der Waals surface area (Å²) in [6.45, 7) is 5.40. The summed E-state index contributed by atoms with van der Waals surface area (Å²) < 4.78 is 5.45. The molecule has 1 fully saturated rings. The lowest BCUT2D eigenvalue weighted by atomic mass is 10.0. The number of likely N-dealkylation sites (tertiary alicyclic amines) is 1. The topological polar surface area (TPSA) is 41.6 Å². The number of hydrogen-bond donors (Lipinski definition) is 1. The maximum absolute atomic E-state index is 12.8. The van der Waals surface area contributed by atoms with Crippen molar-refractivity contribution in [3.05, 3.63) is 54.1 Å². The summed E-state index contributed by atoms with van der Waals surface area (Å²) in [6, 6.07) is 15.9. The van der Waals surface area contributed by atoms with Crippen LogP contribution in [-0.4, -0.2) is 43.6 Å². The lowest BCUT2D eigenvalue weighted by molar-refractivity contribution is 0.0904. The van der Waals surface area contributed by atoms with Crippen molar-refractivity contribution in [3.8, 4) is 16.9 Å². The molecule has 3 rings (SSSR count). The monoisotopic (exact) mass is 352 g/mol. The van der Waals surface area contributed by atoms with Crippen LogP contribution in [0.2, 0.25) is 0 Å². The number of nitrogens with one attached hydrogen (secondary N) is 1. The second-order valence-corrected chi connectivity index (χ2v) is 6.89. The van der Waals surface area contributed by atoms with E-state index in [0.29, 0.717) is 5.56 Å². The zero-order valence-electron chi connectivity index (χ0n) is 15.7. The molecule has 0 spiro atoms. The molecule has 1 aliphatic rings. The van der Waals surface area contributed by atoms with Gasteiger partial charge in [0.1, 0.15) is 5.75 Å². The van der Waals surface area contributed by atoms with Gasteiger partial charge in [0.05, 0.1) is 7.11 Å². The van der Waals surface area contributed by atoms with Gasteiger partial charge >= 0.3 is 0 Å². The first kappa shape index (κ1) is 18.5. The van der Waals surface area contributed by atoms with Crippen molar-refractivity contribution in [1.29, 1.82) is 0 Å². The Morgan fingerprint density at radius 1 is 1.23 bits per heavy atom. The minimum Gasteiger partial charge on any atom is -0.496 e. The summed E-state index contributed by atoms with van der Waals surface area (Å²) in [6.07, 6.45) is 3.35. The van der Waals surface area contributed by atoms with Gasteiger partial charge in [-0.2, -0.15) is 0 Å². The second-order valence-electron chi connectivity index (χ2n) is 6.89. The van der Waals surface area contributed by atoms with Gasteiger partial charge in [-0.15, -0.1) is 0 Å². The number of ether oxygens (including phenoxy) is 1. The molecule has 0 aromatic heterocycles. The van der Waals surface area contributed by atoms with Crippen molar-refractivity contribution >= 4 is 5.91 Å². The SMILES string of the molecule is CCCN1CCC[C@H](NC(=O)c2cccc(-c3ccccc3OC)c2)C1. The van der Waals surface area contributed by atoms with Crippen molar-refractivity contribution < 1.29 is 9.53 Å². The largest absolute Gasteiger partial charge is 0.496 e. The molecule has 1 aliphatic heterocycles. The van der Waals surface area contributed by atoms with Crippen molar-refractivity contribution in [2.75, 3.05) is 26.7 Å². The predicted molar refractivity (Wildman–Crippen MR) is 106 cm³/mol. The van der Waals surface area contributed by atoms with Crippen LogP contribution in [0.5, 0.6) is 5.75 Å². The first-order chi connectivity index (χ1) is 12.7. The van der Waals surface area contributed by atoms with E-state index < -0.39 is 0 Å². The van der Waals surface area contributed by atoms with E-state index in [4.69, 9.17) is 4.74 Å². The van der Waals surface area contributed by atoms with Gasteiger partial charge in [0.15, 0.2) is 0 Å². The number of piperidine rings is 1. The Balaban J connectivity index is 1.72. The van der Waals surface area contributed by atoms with Crippen LogP contribution < -0.4 is 10.1 Å². The molecule has 1 amide bonds. The number of carbonyl (C=O) groups excluding carboxylic acids is 1. The molecule has 2 aromatic carbocycles. The van der Waals surface area contributed by atoms with E-state index in [1.165, 1.54) is 0 Å². The number of methoxy groups -OCH3 is 1. The number of amides is 1. The van der Waals surface area contributed by atoms with Gasteiger partial charge < -0.3 is 15.0 Å². The van der Waals surface area contributed by atoms with Crippen molar-refractivity contribution in [3.63, 3.8) is 0 Å². The standard InChI is InChI=1S/C22H28N2O2/c1-3-13-24-14-7-10-19(16-24)23-22(25)18-9-6-8-17(15-18)20-11-4-5-12-21(20)26-2/h4-6,8-9,11-12,15,19H,3,7,10,13-14,16H2,1-2H3,(H,23,25)/t19-/m0/s1. The number of carbonyl (C=O) groups is 1. The van der Waals surface area contributed by atoms with Gasteiger partial charge in [0.25, 0.3) is 5.91 Å². The molecular formula is C22H28N2O2. The Morgan fingerprint density at radius 3 is 2.88 bits per heavy atom. The molecule has 4 nitrogen and oxygen atoms in total. The fourth-order valence-electron chi connectivity index (χ4n) is 3.67. The third kappa shape index (κ3) is 4.44. The molecule has 1 heterocycles. The highest BCUT2D eigenvalue weighted by Gasteiger charge is 2.21. The minimum absolute atomic E-state index is 0.00472. The lowest BCUT2D eigenvalue weighted by Crippen LogP contribution is -2.47. The Kier molecular flexibility index (Phi) is 6.29. The highest BCUT2D eigenvalue weighted by atomic mass is 16.5. The zero-order valence-corrected chi connectivity index (χ0v) is 15.7. The molecule has 0 unspecified atom stereocenters. The van der Waals surface area contributed by atoms with E-state index in [1.807, 2.05) is 48.5 Å². The van der Waals surface area contributed by atoms with Crippen LogP contribution in [-0.2, 0) is 0 Å². The summed E-state index contributed by atoms with van der Waals surface area (Å²) in [7, 11) is 1.67. The minimum atomic E-state index is 0.00472. The first-order valence-electron chi connectivity index (χ1n) is 9.48. The van der Waals surface area contributed by atoms with Gasteiger partial charge in [0, 0.05) is 23.7 Å². The van der Waals surface area contributed by atoms with E-state index in [9.17, 15) is 4.79 Å². The van der Waals surface area contributed by atoms with Crippen LogP contribution in [0.4, 0.5) is 0 Å². The molecule has 2 aromatic rings. The first-order valence-corrected chi connectivity index (χ1v) is 9.48. The maximum Gasteiger partial charge on any atom is 0.251 e. The second kappa shape index (κ2) is 8.86. The molecule has 1 atom stereocenters. The fourth-order valence-corrected chi connectivity index (χ4v) is 3.67. The average Bonchev–Trinajstić information content (AvgIpc) is 2.68. The third-order valence-corrected chi connectivity index (χ3v) is 4.92. The number of rotatable bonds is 6. The third-order valence-electron chi connectivity index (χ3n) is 4.92. The Labute approximate surface area is 156 Å². The van der Waals surface area contributed by atoms with Gasteiger partial charge in [-0.3, -0.25) is 4.79 Å². The van der Waals surface area contributed by atoms with Gasteiger partial charge in [-0.1, -0.05) is 37.3 Å². The summed E-state index contributed by atoms with van der Waals surface area (Å²) in [4.78, 5) is 15.2. The van der Waals surface area contributed by atoms with Crippen LogP contribution in [0.1, 0.15) is 36.5 Å². The highest BCUT2D eigenvalue weighted by Crippen LogP contribution is 2.30. The maximum atomic E-state index is 12.8. The molecule has 4 heteroatoms. The van der Waals surface area contributed by atoms with E-state index in [-0.39, 0.29) is 11.9 Å². The molecule has 0 bridgehead atoms. The van der Waals surface area contributed by atoms with E-state index in [1.54, 1.807) is 7.11 Å². The molecule has 0 radical (unpaired) electrons. The fraction of sp³-hybridized carbons (Fsp3) is 0.409.